The first-order chi connectivity index (χ1) is 14.5. The number of hydrogen-bond acceptors (Lipinski definition) is 7. The average molecular weight is 410 g/mol. The fourth-order valence-corrected chi connectivity index (χ4v) is 3.81. The van der Waals surface area contributed by atoms with Crippen molar-refractivity contribution >= 4 is 17.2 Å². The molecule has 9 heteroatoms. The number of ether oxygens (including phenoxy) is 2. The van der Waals surface area contributed by atoms with Gasteiger partial charge in [0, 0.05) is 11.3 Å². The summed E-state index contributed by atoms with van der Waals surface area (Å²) in [6.07, 6.45) is 5.57. The van der Waals surface area contributed by atoms with E-state index in [4.69, 9.17) is 14.5 Å². The maximum absolute atomic E-state index is 14.0. The van der Waals surface area contributed by atoms with E-state index in [0.29, 0.717) is 48.4 Å². The highest BCUT2D eigenvalue weighted by Crippen LogP contribution is 2.35. The topological polar surface area (TPSA) is 76.8 Å². The Balaban J connectivity index is 1.69. The Kier molecular flexibility index (Phi) is 4.45. The van der Waals surface area contributed by atoms with Crippen molar-refractivity contribution in [2.75, 3.05) is 18.1 Å². The summed E-state index contributed by atoms with van der Waals surface area (Å²) in [5, 5.41) is 7.83. The molecule has 0 radical (unpaired) electrons. The minimum Gasteiger partial charge on any atom is -0.486 e. The molecular weight excluding hydrogens is 387 g/mol. The van der Waals surface area contributed by atoms with Crippen molar-refractivity contribution in [1.82, 2.24) is 24.9 Å². The third-order valence-corrected chi connectivity index (χ3v) is 5.58. The van der Waals surface area contributed by atoms with Crippen LogP contribution in [-0.4, -0.2) is 44.9 Å². The molecule has 0 saturated carbocycles. The molecule has 8 nitrogen and oxygen atoms in total. The molecule has 0 amide bonds. The number of rotatable bonds is 1. The predicted molar refractivity (Wildman–Crippen MR) is 110 cm³/mol. The third kappa shape index (κ3) is 3.10. The third-order valence-electron chi connectivity index (χ3n) is 5.58. The Morgan fingerprint density at radius 3 is 3.00 bits per heavy atom. The van der Waals surface area contributed by atoms with E-state index in [1.54, 1.807) is 10.7 Å². The summed E-state index contributed by atoms with van der Waals surface area (Å²) in [5.41, 5.74) is 2.88. The molecule has 2 atom stereocenters. The Morgan fingerprint density at radius 1 is 1.30 bits per heavy atom. The van der Waals surface area contributed by atoms with Crippen LogP contribution in [0.3, 0.4) is 0 Å². The molecule has 5 rings (SSSR count). The van der Waals surface area contributed by atoms with Gasteiger partial charge in [0.25, 0.3) is 0 Å². The van der Waals surface area contributed by atoms with Gasteiger partial charge in [-0.1, -0.05) is 13.5 Å². The van der Waals surface area contributed by atoms with Gasteiger partial charge in [0.05, 0.1) is 42.8 Å². The summed E-state index contributed by atoms with van der Waals surface area (Å²) in [4.78, 5) is 11.2. The number of fused-ring (bicyclic) bond motifs is 1. The average Bonchev–Trinajstić information content (AvgIpc) is 3.15. The number of anilines is 1. The Hall–Kier alpha value is -3.36. The SMILES string of the molecule is C=C1N[C@@H](CC)COc2ncc(F)cc2CN2c3nc4c1cnn4cc3OC[C@H]2C. The van der Waals surface area contributed by atoms with Gasteiger partial charge in [0.2, 0.25) is 5.88 Å². The summed E-state index contributed by atoms with van der Waals surface area (Å²) in [6, 6.07) is 1.50. The van der Waals surface area contributed by atoms with Crippen LogP contribution in [0.5, 0.6) is 11.6 Å². The smallest absolute Gasteiger partial charge is 0.218 e. The van der Waals surface area contributed by atoms with E-state index in [-0.39, 0.29) is 12.1 Å². The minimum absolute atomic E-state index is 0.000642. The first-order valence-electron chi connectivity index (χ1n) is 10.0. The molecule has 0 unspecified atom stereocenters. The molecule has 0 saturated heterocycles. The minimum atomic E-state index is -0.400. The van der Waals surface area contributed by atoms with E-state index >= 15 is 0 Å². The Bertz CT molecular complexity index is 1130. The van der Waals surface area contributed by atoms with E-state index in [9.17, 15) is 4.39 Å². The van der Waals surface area contributed by atoms with Crippen LogP contribution < -0.4 is 19.7 Å². The van der Waals surface area contributed by atoms with Crippen molar-refractivity contribution in [3.8, 4) is 11.6 Å². The highest BCUT2D eigenvalue weighted by atomic mass is 19.1. The maximum atomic E-state index is 14.0. The van der Waals surface area contributed by atoms with Crippen molar-refractivity contribution in [1.29, 1.82) is 0 Å². The summed E-state index contributed by atoms with van der Waals surface area (Å²) < 4.78 is 27.7. The van der Waals surface area contributed by atoms with Gasteiger partial charge in [-0.05, 0) is 19.4 Å². The van der Waals surface area contributed by atoms with Crippen LogP contribution in [0.1, 0.15) is 31.4 Å². The van der Waals surface area contributed by atoms with Crippen LogP contribution in [-0.2, 0) is 6.54 Å². The highest BCUT2D eigenvalue weighted by molar-refractivity contribution is 5.75. The van der Waals surface area contributed by atoms with Crippen molar-refractivity contribution in [3.05, 3.63) is 48.2 Å². The van der Waals surface area contributed by atoms with Gasteiger partial charge in [0.15, 0.2) is 17.2 Å². The van der Waals surface area contributed by atoms with Crippen LogP contribution in [0.4, 0.5) is 10.2 Å². The molecular formula is C21H23FN6O2. The lowest BCUT2D eigenvalue weighted by Crippen LogP contribution is -2.41. The molecule has 30 heavy (non-hydrogen) atoms. The predicted octanol–water partition coefficient (Wildman–Crippen LogP) is 2.78. The van der Waals surface area contributed by atoms with Crippen molar-refractivity contribution in [2.45, 2.75) is 38.9 Å². The lowest BCUT2D eigenvalue weighted by atomic mass is 10.2. The van der Waals surface area contributed by atoms with Gasteiger partial charge in [-0.2, -0.15) is 5.10 Å². The molecule has 156 valence electrons. The first kappa shape index (κ1) is 18.7. The van der Waals surface area contributed by atoms with Gasteiger partial charge in [-0.25, -0.2) is 18.9 Å². The summed E-state index contributed by atoms with van der Waals surface area (Å²) >= 11 is 0. The first-order valence-corrected chi connectivity index (χ1v) is 10.0. The molecule has 0 fully saturated rings. The molecule has 0 aliphatic carbocycles. The zero-order valence-corrected chi connectivity index (χ0v) is 16.9. The van der Waals surface area contributed by atoms with Crippen LogP contribution in [0.15, 0.2) is 31.2 Å². The molecule has 2 bridgehead atoms. The van der Waals surface area contributed by atoms with Crippen LogP contribution in [0.25, 0.3) is 11.3 Å². The fraction of sp³-hybridized carbons (Fsp3) is 0.381. The number of nitrogens with one attached hydrogen (secondary N) is 1. The quantitative estimate of drug-likeness (QED) is 0.661. The zero-order valence-electron chi connectivity index (χ0n) is 16.9. The second-order valence-electron chi connectivity index (χ2n) is 7.70. The Morgan fingerprint density at radius 2 is 2.17 bits per heavy atom. The monoisotopic (exact) mass is 410 g/mol. The van der Waals surface area contributed by atoms with Crippen molar-refractivity contribution < 1.29 is 13.9 Å². The molecule has 5 heterocycles. The number of halogens is 1. The van der Waals surface area contributed by atoms with E-state index in [2.05, 4.69) is 33.8 Å². The van der Waals surface area contributed by atoms with Crippen molar-refractivity contribution in [2.24, 2.45) is 0 Å². The second-order valence-corrected chi connectivity index (χ2v) is 7.70. The highest BCUT2D eigenvalue weighted by Gasteiger charge is 2.29. The molecule has 3 aromatic heterocycles. The lowest BCUT2D eigenvalue weighted by molar-refractivity contribution is 0.254. The zero-order chi connectivity index (χ0) is 20.8. The second kappa shape index (κ2) is 7.16. The van der Waals surface area contributed by atoms with Gasteiger partial charge < -0.3 is 19.7 Å². The molecule has 2 aliphatic heterocycles. The Labute approximate surface area is 173 Å². The standard InChI is InChI=1S/C21H23FN6O2/c1-4-16-11-30-21-14(5-15(22)6-23-21)8-27-12(2)10-29-18-9-28-19(26-20(18)27)17(7-24-28)13(3)25-16/h5-7,9,12,16,25H,3-4,8,10-11H2,1-2H3/t12-,16+/m1/s1. The normalized spacial score (nSPS) is 21.0. The largest absolute Gasteiger partial charge is 0.486 e. The van der Waals surface area contributed by atoms with E-state index in [0.717, 1.165) is 17.7 Å². The van der Waals surface area contributed by atoms with Gasteiger partial charge in [0.1, 0.15) is 19.0 Å². The fourth-order valence-electron chi connectivity index (χ4n) is 3.81. The molecule has 2 aliphatic rings. The molecule has 3 aromatic rings. The van der Waals surface area contributed by atoms with Crippen LogP contribution in [0, 0.1) is 5.82 Å². The van der Waals surface area contributed by atoms with Crippen molar-refractivity contribution in [3.63, 3.8) is 0 Å². The van der Waals surface area contributed by atoms with E-state index in [1.807, 2.05) is 13.1 Å². The molecule has 0 spiro atoms. The van der Waals surface area contributed by atoms with E-state index in [1.165, 1.54) is 12.3 Å². The maximum Gasteiger partial charge on any atom is 0.218 e. The molecule has 1 N–H and O–H groups in total. The number of nitrogens with zero attached hydrogens (tertiary/aromatic N) is 5. The summed E-state index contributed by atoms with van der Waals surface area (Å²) in [6.45, 7) is 9.56. The molecule has 0 aromatic carbocycles. The number of hydrogen-bond donors (Lipinski definition) is 1. The summed E-state index contributed by atoms with van der Waals surface area (Å²) in [7, 11) is 0. The van der Waals surface area contributed by atoms with Gasteiger partial charge in [-0.3, -0.25) is 0 Å². The van der Waals surface area contributed by atoms with Crippen LogP contribution >= 0.6 is 0 Å². The number of pyridine rings is 1. The van der Waals surface area contributed by atoms with Crippen LogP contribution in [0.2, 0.25) is 0 Å². The van der Waals surface area contributed by atoms with Gasteiger partial charge >= 0.3 is 0 Å². The van der Waals surface area contributed by atoms with E-state index < -0.39 is 5.82 Å². The van der Waals surface area contributed by atoms with Gasteiger partial charge in [-0.15, -0.1) is 0 Å². The summed E-state index contributed by atoms with van der Waals surface area (Å²) in [5.74, 6) is 1.33. The lowest BCUT2D eigenvalue weighted by Gasteiger charge is -2.35. The number of aromatic nitrogens is 4.